The number of hydrogen-bond acceptors (Lipinski definition) is 1. The number of amides is 1. The number of carbonyl (C=O) groups is 1. The van der Waals surface area contributed by atoms with Gasteiger partial charge in [0.1, 0.15) is 0 Å². The molecule has 1 aliphatic carbocycles. The van der Waals surface area contributed by atoms with Crippen molar-refractivity contribution < 1.29 is 4.79 Å². The van der Waals surface area contributed by atoms with Crippen molar-refractivity contribution in [3.05, 3.63) is 35.9 Å². The van der Waals surface area contributed by atoms with Crippen LogP contribution < -0.4 is 5.32 Å². The quantitative estimate of drug-likeness (QED) is 0.746. The molecule has 0 aliphatic heterocycles. The molecule has 1 aromatic rings. The maximum atomic E-state index is 12.0. The lowest BCUT2D eigenvalue weighted by Gasteiger charge is -2.17. The first-order valence-corrected chi connectivity index (χ1v) is 8.79. The summed E-state index contributed by atoms with van der Waals surface area (Å²) in [6, 6.07) is 10.5. The number of carbonyl (C=O) groups excluding carboxylic acids is 1. The van der Waals surface area contributed by atoms with E-state index in [1.54, 1.807) is 0 Å². The Morgan fingerprint density at radius 2 is 1.95 bits per heavy atom. The largest absolute Gasteiger partial charge is 0.352 e. The van der Waals surface area contributed by atoms with E-state index in [-0.39, 0.29) is 11.9 Å². The summed E-state index contributed by atoms with van der Waals surface area (Å²) in [5.41, 5.74) is 1.27. The second kappa shape index (κ2) is 8.46. The standard InChI is InChI=1S/C17H24BrNO/c18-13-16(12-15-8-2-1-3-9-15)19-17(20)11-10-14-6-4-5-7-14/h1-3,8-9,14,16H,4-7,10-13H2,(H,19,20). The fourth-order valence-electron chi connectivity index (χ4n) is 2.98. The summed E-state index contributed by atoms with van der Waals surface area (Å²) >= 11 is 3.50. The number of benzene rings is 1. The van der Waals surface area contributed by atoms with Gasteiger partial charge in [-0.1, -0.05) is 71.9 Å². The smallest absolute Gasteiger partial charge is 0.220 e. The zero-order chi connectivity index (χ0) is 14.2. The summed E-state index contributed by atoms with van der Waals surface area (Å²) in [5.74, 6) is 0.995. The Hall–Kier alpha value is -0.830. The van der Waals surface area contributed by atoms with Crippen LogP contribution in [0.4, 0.5) is 0 Å². The van der Waals surface area contributed by atoms with Crippen LogP contribution in [-0.2, 0) is 11.2 Å². The normalized spacial score (nSPS) is 17.1. The maximum absolute atomic E-state index is 12.0. The van der Waals surface area contributed by atoms with Gasteiger partial charge in [-0.05, 0) is 24.3 Å². The lowest BCUT2D eigenvalue weighted by Crippen LogP contribution is -2.37. The van der Waals surface area contributed by atoms with Gasteiger partial charge < -0.3 is 5.32 Å². The molecule has 1 aliphatic rings. The predicted octanol–water partition coefficient (Wildman–Crippen LogP) is 4.08. The van der Waals surface area contributed by atoms with E-state index in [2.05, 4.69) is 33.4 Å². The second-order valence-corrected chi connectivity index (χ2v) is 6.45. The molecule has 1 unspecified atom stereocenters. The van der Waals surface area contributed by atoms with Crippen molar-refractivity contribution in [3.8, 4) is 0 Å². The van der Waals surface area contributed by atoms with Gasteiger partial charge in [0.15, 0.2) is 0 Å². The molecular weight excluding hydrogens is 314 g/mol. The van der Waals surface area contributed by atoms with Gasteiger partial charge in [0, 0.05) is 17.8 Å². The molecule has 2 nitrogen and oxygen atoms in total. The highest BCUT2D eigenvalue weighted by Crippen LogP contribution is 2.28. The molecule has 0 saturated heterocycles. The highest BCUT2D eigenvalue weighted by Gasteiger charge is 2.17. The van der Waals surface area contributed by atoms with Crippen LogP contribution in [0.15, 0.2) is 30.3 Å². The first-order valence-electron chi connectivity index (χ1n) is 7.67. The fourth-order valence-corrected chi connectivity index (χ4v) is 3.37. The van der Waals surface area contributed by atoms with E-state index in [9.17, 15) is 4.79 Å². The van der Waals surface area contributed by atoms with Crippen LogP contribution in [0.2, 0.25) is 0 Å². The third-order valence-corrected chi connectivity index (χ3v) is 4.91. The van der Waals surface area contributed by atoms with Gasteiger partial charge in [-0.25, -0.2) is 0 Å². The molecule has 20 heavy (non-hydrogen) atoms. The second-order valence-electron chi connectivity index (χ2n) is 5.80. The summed E-state index contributed by atoms with van der Waals surface area (Å²) in [6.45, 7) is 0. The molecule has 1 N–H and O–H groups in total. The van der Waals surface area contributed by atoms with Crippen molar-refractivity contribution in [3.63, 3.8) is 0 Å². The number of halogens is 1. The fraction of sp³-hybridized carbons (Fsp3) is 0.588. The average molecular weight is 338 g/mol. The van der Waals surface area contributed by atoms with Gasteiger partial charge in [-0.2, -0.15) is 0 Å². The molecule has 2 rings (SSSR count). The molecule has 110 valence electrons. The van der Waals surface area contributed by atoms with Crippen molar-refractivity contribution in [1.82, 2.24) is 5.32 Å². The molecule has 1 aromatic carbocycles. The zero-order valence-corrected chi connectivity index (χ0v) is 13.6. The van der Waals surface area contributed by atoms with Crippen LogP contribution in [0, 0.1) is 5.92 Å². The minimum absolute atomic E-state index is 0.188. The van der Waals surface area contributed by atoms with Crippen LogP contribution in [0.5, 0.6) is 0 Å². The summed E-state index contributed by atoms with van der Waals surface area (Å²) in [7, 11) is 0. The summed E-state index contributed by atoms with van der Waals surface area (Å²) in [5, 5.41) is 3.96. The van der Waals surface area contributed by atoms with E-state index in [1.165, 1.54) is 31.2 Å². The minimum atomic E-state index is 0.188. The van der Waals surface area contributed by atoms with Gasteiger partial charge in [0.25, 0.3) is 0 Å². The maximum Gasteiger partial charge on any atom is 0.220 e. The molecule has 0 spiro atoms. The SMILES string of the molecule is O=C(CCC1CCCC1)NC(CBr)Cc1ccccc1. The summed E-state index contributed by atoms with van der Waals surface area (Å²) < 4.78 is 0. The van der Waals surface area contributed by atoms with E-state index >= 15 is 0 Å². The molecule has 1 saturated carbocycles. The molecule has 1 fully saturated rings. The Bertz CT molecular complexity index is 401. The first-order chi connectivity index (χ1) is 9.78. The Labute approximate surface area is 130 Å². The van der Waals surface area contributed by atoms with Crippen molar-refractivity contribution in [1.29, 1.82) is 0 Å². The predicted molar refractivity (Wildman–Crippen MR) is 87.1 cm³/mol. The molecule has 3 heteroatoms. The third-order valence-electron chi connectivity index (χ3n) is 4.13. The van der Waals surface area contributed by atoms with Crippen LogP contribution >= 0.6 is 15.9 Å². The number of nitrogens with one attached hydrogen (secondary N) is 1. The monoisotopic (exact) mass is 337 g/mol. The van der Waals surface area contributed by atoms with Crippen molar-refractivity contribution in [2.24, 2.45) is 5.92 Å². The highest BCUT2D eigenvalue weighted by molar-refractivity contribution is 9.09. The van der Waals surface area contributed by atoms with Crippen molar-refractivity contribution >= 4 is 21.8 Å². The molecule has 0 aromatic heterocycles. The van der Waals surface area contributed by atoms with Gasteiger partial charge in [0.2, 0.25) is 5.91 Å². The molecule has 1 amide bonds. The van der Waals surface area contributed by atoms with Crippen LogP contribution in [-0.4, -0.2) is 17.3 Å². The number of alkyl halides is 1. The van der Waals surface area contributed by atoms with Crippen molar-refractivity contribution in [2.75, 3.05) is 5.33 Å². The van der Waals surface area contributed by atoms with E-state index in [4.69, 9.17) is 0 Å². The van der Waals surface area contributed by atoms with E-state index in [1.807, 2.05) is 18.2 Å². The molecule has 1 atom stereocenters. The Kier molecular flexibility index (Phi) is 6.58. The molecule has 0 radical (unpaired) electrons. The van der Waals surface area contributed by atoms with Gasteiger partial charge >= 0.3 is 0 Å². The lowest BCUT2D eigenvalue weighted by molar-refractivity contribution is -0.121. The van der Waals surface area contributed by atoms with Crippen LogP contribution in [0.1, 0.15) is 44.1 Å². The molecule has 0 heterocycles. The molecular formula is C17H24BrNO. The Morgan fingerprint density at radius 1 is 1.25 bits per heavy atom. The topological polar surface area (TPSA) is 29.1 Å². The highest BCUT2D eigenvalue weighted by atomic mass is 79.9. The van der Waals surface area contributed by atoms with Crippen molar-refractivity contribution in [2.45, 2.75) is 51.0 Å². The van der Waals surface area contributed by atoms with E-state index in [0.717, 1.165) is 24.1 Å². The minimum Gasteiger partial charge on any atom is -0.352 e. The third kappa shape index (κ3) is 5.28. The Morgan fingerprint density at radius 3 is 2.60 bits per heavy atom. The summed E-state index contributed by atoms with van der Waals surface area (Å²) in [6.07, 6.45) is 7.98. The van der Waals surface area contributed by atoms with E-state index < -0.39 is 0 Å². The van der Waals surface area contributed by atoms with Gasteiger partial charge in [0.05, 0.1) is 0 Å². The zero-order valence-electron chi connectivity index (χ0n) is 12.0. The van der Waals surface area contributed by atoms with Gasteiger partial charge in [-0.15, -0.1) is 0 Å². The Balaban J connectivity index is 1.72. The average Bonchev–Trinajstić information content (AvgIpc) is 2.99. The summed E-state index contributed by atoms with van der Waals surface area (Å²) in [4.78, 5) is 12.0. The number of hydrogen-bond donors (Lipinski definition) is 1. The molecule has 0 bridgehead atoms. The van der Waals surface area contributed by atoms with Crippen LogP contribution in [0.25, 0.3) is 0 Å². The van der Waals surface area contributed by atoms with Gasteiger partial charge in [-0.3, -0.25) is 4.79 Å². The first kappa shape index (κ1) is 15.6. The number of rotatable bonds is 7. The van der Waals surface area contributed by atoms with E-state index in [0.29, 0.717) is 6.42 Å². The lowest BCUT2D eigenvalue weighted by atomic mass is 10.0. The van der Waals surface area contributed by atoms with Crippen LogP contribution in [0.3, 0.4) is 0 Å².